The van der Waals surface area contributed by atoms with Gasteiger partial charge in [-0.05, 0) is 25.0 Å². The molecular formula is C13H18N2O2. The van der Waals surface area contributed by atoms with Crippen LogP contribution in [0.2, 0.25) is 0 Å². The van der Waals surface area contributed by atoms with E-state index in [1.807, 2.05) is 32.9 Å². The molecule has 0 saturated carbocycles. The van der Waals surface area contributed by atoms with Gasteiger partial charge in [0.15, 0.2) is 0 Å². The average molecular weight is 234 g/mol. The Bertz CT molecular complexity index is 396. The first-order chi connectivity index (χ1) is 7.99. The summed E-state index contributed by atoms with van der Waals surface area (Å²) in [5.41, 5.74) is 1.73. The van der Waals surface area contributed by atoms with Gasteiger partial charge in [0.1, 0.15) is 0 Å². The highest BCUT2D eigenvalue weighted by Gasteiger charge is 2.13. The summed E-state index contributed by atoms with van der Waals surface area (Å²) in [7, 11) is 0. The summed E-state index contributed by atoms with van der Waals surface area (Å²) < 4.78 is 0. The number of rotatable bonds is 3. The lowest BCUT2D eigenvalue weighted by Crippen LogP contribution is -2.37. The Hall–Kier alpha value is -1.84. The first-order valence-electron chi connectivity index (χ1n) is 5.65. The van der Waals surface area contributed by atoms with Gasteiger partial charge in [0.05, 0.1) is 0 Å². The molecular weight excluding hydrogens is 216 g/mol. The fourth-order valence-corrected chi connectivity index (χ4v) is 1.20. The fraction of sp³-hybridized carbons (Fsp3) is 0.385. The van der Waals surface area contributed by atoms with E-state index in [0.29, 0.717) is 18.2 Å². The molecule has 0 spiro atoms. The quantitative estimate of drug-likeness (QED) is 0.782. The van der Waals surface area contributed by atoms with Crippen LogP contribution in [0, 0.1) is 12.8 Å². The van der Waals surface area contributed by atoms with Gasteiger partial charge in [-0.3, -0.25) is 9.59 Å². The molecule has 0 unspecified atom stereocenters. The molecule has 1 rings (SSSR count). The Morgan fingerprint density at radius 2 is 1.71 bits per heavy atom. The van der Waals surface area contributed by atoms with E-state index in [1.165, 1.54) is 0 Å². The van der Waals surface area contributed by atoms with Crippen LogP contribution in [0.3, 0.4) is 0 Å². The van der Waals surface area contributed by atoms with E-state index in [1.54, 1.807) is 12.1 Å². The second kappa shape index (κ2) is 6.03. The molecule has 1 aromatic rings. The third-order valence-electron chi connectivity index (χ3n) is 2.19. The third kappa shape index (κ3) is 4.68. The van der Waals surface area contributed by atoms with Crippen LogP contribution in [-0.4, -0.2) is 18.4 Å². The summed E-state index contributed by atoms with van der Waals surface area (Å²) in [6, 6.07) is 7.29. The number of carbonyl (C=O) groups is 2. The number of carbonyl (C=O) groups excluding carboxylic acids is 2. The van der Waals surface area contributed by atoms with E-state index in [-0.39, 0.29) is 0 Å². The largest absolute Gasteiger partial charge is 0.348 e. The lowest BCUT2D eigenvalue weighted by atomic mass is 10.2. The number of anilines is 1. The maximum atomic E-state index is 11.5. The molecule has 2 N–H and O–H groups in total. The highest BCUT2D eigenvalue weighted by atomic mass is 16.2. The van der Waals surface area contributed by atoms with Crippen LogP contribution in [-0.2, 0) is 9.59 Å². The standard InChI is InChI=1S/C13H18N2O2/c1-9(2)8-14-12(16)13(17)15-11-6-4-10(3)5-7-11/h4-7,9H,8H2,1-3H3,(H,14,16)(H,15,17). The van der Waals surface area contributed by atoms with E-state index in [9.17, 15) is 9.59 Å². The van der Waals surface area contributed by atoms with Gasteiger partial charge in [-0.2, -0.15) is 0 Å². The molecule has 1 aromatic carbocycles. The molecule has 4 nitrogen and oxygen atoms in total. The fourth-order valence-electron chi connectivity index (χ4n) is 1.20. The van der Waals surface area contributed by atoms with Gasteiger partial charge in [0.2, 0.25) is 0 Å². The molecule has 0 atom stereocenters. The zero-order valence-corrected chi connectivity index (χ0v) is 10.4. The van der Waals surface area contributed by atoms with Gasteiger partial charge >= 0.3 is 11.8 Å². The molecule has 4 heteroatoms. The van der Waals surface area contributed by atoms with E-state index < -0.39 is 11.8 Å². The summed E-state index contributed by atoms with van der Waals surface area (Å²) in [5, 5.41) is 5.10. The number of hydrogen-bond acceptors (Lipinski definition) is 2. The summed E-state index contributed by atoms with van der Waals surface area (Å²) in [6.07, 6.45) is 0. The normalized spacial score (nSPS) is 10.1. The summed E-state index contributed by atoms with van der Waals surface area (Å²) in [6.45, 7) is 6.40. The number of aryl methyl sites for hydroxylation is 1. The molecule has 0 aliphatic heterocycles. The molecule has 0 saturated heterocycles. The van der Waals surface area contributed by atoms with E-state index in [2.05, 4.69) is 10.6 Å². The lowest BCUT2D eigenvalue weighted by molar-refractivity contribution is -0.136. The molecule has 17 heavy (non-hydrogen) atoms. The SMILES string of the molecule is Cc1ccc(NC(=O)C(=O)NCC(C)C)cc1. The second-order valence-electron chi connectivity index (χ2n) is 4.42. The Morgan fingerprint density at radius 3 is 2.24 bits per heavy atom. The number of benzene rings is 1. The van der Waals surface area contributed by atoms with Crippen molar-refractivity contribution in [2.75, 3.05) is 11.9 Å². The van der Waals surface area contributed by atoms with Gasteiger partial charge < -0.3 is 10.6 Å². The molecule has 92 valence electrons. The van der Waals surface area contributed by atoms with Crippen molar-refractivity contribution >= 4 is 17.5 Å². The molecule has 0 fully saturated rings. The van der Waals surface area contributed by atoms with Crippen LogP contribution < -0.4 is 10.6 Å². The first kappa shape index (κ1) is 13.2. The Labute approximate surface area is 101 Å². The second-order valence-corrected chi connectivity index (χ2v) is 4.42. The van der Waals surface area contributed by atoms with Crippen LogP contribution in [0.25, 0.3) is 0 Å². The van der Waals surface area contributed by atoms with E-state index in [0.717, 1.165) is 5.56 Å². The van der Waals surface area contributed by atoms with Crippen LogP contribution in [0.15, 0.2) is 24.3 Å². The molecule has 0 aromatic heterocycles. The van der Waals surface area contributed by atoms with Gasteiger partial charge in [-0.25, -0.2) is 0 Å². The maximum Gasteiger partial charge on any atom is 0.313 e. The Kier molecular flexibility index (Phi) is 4.69. The highest BCUT2D eigenvalue weighted by Crippen LogP contribution is 2.08. The molecule has 0 aliphatic rings. The first-order valence-corrected chi connectivity index (χ1v) is 5.65. The third-order valence-corrected chi connectivity index (χ3v) is 2.19. The average Bonchev–Trinajstić information content (AvgIpc) is 2.28. The number of nitrogens with one attached hydrogen (secondary N) is 2. The smallest absolute Gasteiger partial charge is 0.313 e. The number of amides is 2. The maximum absolute atomic E-state index is 11.5. The van der Waals surface area contributed by atoms with Crippen molar-refractivity contribution in [2.24, 2.45) is 5.92 Å². The minimum Gasteiger partial charge on any atom is -0.348 e. The van der Waals surface area contributed by atoms with Gasteiger partial charge in [0.25, 0.3) is 0 Å². The van der Waals surface area contributed by atoms with Crippen molar-refractivity contribution in [2.45, 2.75) is 20.8 Å². The Morgan fingerprint density at radius 1 is 1.12 bits per heavy atom. The zero-order chi connectivity index (χ0) is 12.8. The summed E-state index contributed by atoms with van der Waals surface area (Å²) >= 11 is 0. The highest BCUT2D eigenvalue weighted by molar-refractivity contribution is 6.39. The predicted octanol–water partition coefficient (Wildman–Crippen LogP) is 1.71. The van der Waals surface area contributed by atoms with Crippen molar-refractivity contribution in [3.63, 3.8) is 0 Å². The molecule has 2 amide bonds. The van der Waals surface area contributed by atoms with Crippen molar-refractivity contribution < 1.29 is 9.59 Å². The van der Waals surface area contributed by atoms with Crippen molar-refractivity contribution in [1.82, 2.24) is 5.32 Å². The summed E-state index contributed by atoms with van der Waals surface area (Å²) in [4.78, 5) is 22.9. The molecule has 0 bridgehead atoms. The lowest BCUT2D eigenvalue weighted by Gasteiger charge is -2.08. The Balaban J connectivity index is 2.48. The van der Waals surface area contributed by atoms with Crippen LogP contribution >= 0.6 is 0 Å². The van der Waals surface area contributed by atoms with Crippen LogP contribution in [0.4, 0.5) is 5.69 Å². The van der Waals surface area contributed by atoms with E-state index in [4.69, 9.17) is 0 Å². The van der Waals surface area contributed by atoms with Crippen molar-refractivity contribution in [1.29, 1.82) is 0 Å². The molecule has 0 heterocycles. The number of hydrogen-bond donors (Lipinski definition) is 2. The van der Waals surface area contributed by atoms with Gasteiger partial charge in [-0.1, -0.05) is 31.5 Å². The minimum absolute atomic E-state index is 0.325. The van der Waals surface area contributed by atoms with Gasteiger partial charge in [0, 0.05) is 12.2 Å². The zero-order valence-electron chi connectivity index (χ0n) is 10.4. The molecule has 0 aliphatic carbocycles. The van der Waals surface area contributed by atoms with Crippen LogP contribution in [0.1, 0.15) is 19.4 Å². The van der Waals surface area contributed by atoms with Crippen molar-refractivity contribution in [3.8, 4) is 0 Å². The summed E-state index contributed by atoms with van der Waals surface area (Å²) in [5.74, 6) is -0.903. The minimum atomic E-state index is -0.630. The predicted molar refractivity (Wildman–Crippen MR) is 67.7 cm³/mol. The monoisotopic (exact) mass is 234 g/mol. The van der Waals surface area contributed by atoms with Crippen molar-refractivity contribution in [3.05, 3.63) is 29.8 Å². The topological polar surface area (TPSA) is 58.2 Å². The van der Waals surface area contributed by atoms with E-state index >= 15 is 0 Å². The van der Waals surface area contributed by atoms with Gasteiger partial charge in [-0.15, -0.1) is 0 Å². The molecule has 0 radical (unpaired) electrons. The van der Waals surface area contributed by atoms with Crippen LogP contribution in [0.5, 0.6) is 0 Å².